The lowest BCUT2D eigenvalue weighted by molar-refractivity contribution is 0.102. The molecule has 0 heterocycles. The average molecular weight is 470 g/mol. The van der Waals surface area contributed by atoms with Crippen molar-refractivity contribution >= 4 is 62.1 Å². The van der Waals surface area contributed by atoms with Gasteiger partial charge in [-0.3, -0.25) is 9.10 Å². The molecule has 0 saturated heterocycles. The number of hydrogen-bond donors (Lipinski definition) is 1. The smallest absolute Gasteiger partial charge is 0.264 e. The van der Waals surface area contributed by atoms with E-state index in [4.69, 9.17) is 34.8 Å². The van der Waals surface area contributed by atoms with E-state index in [0.29, 0.717) is 16.4 Å². The summed E-state index contributed by atoms with van der Waals surface area (Å²) in [6.07, 6.45) is 0. The molecule has 0 aliphatic heterocycles. The number of amides is 1. The van der Waals surface area contributed by atoms with Crippen molar-refractivity contribution in [2.45, 2.75) is 4.90 Å². The molecule has 1 N–H and O–H groups in total. The van der Waals surface area contributed by atoms with Crippen molar-refractivity contribution in [2.24, 2.45) is 0 Å². The summed E-state index contributed by atoms with van der Waals surface area (Å²) in [6.45, 7) is 0. The zero-order chi connectivity index (χ0) is 21.2. The van der Waals surface area contributed by atoms with Crippen LogP contribution in [-0.2, 0) is 10.0 Å². The highest BCUT2D eigenvalue weighted by molar-refractivity contribution is 7.92. The highest BCUT2D eigenvalue weighted by Crippen LogP contribution is 2.29. The van der Waals surface area contributed by atoms with Gasteiger partial charge >= 0.3 is 0 Å². The molecular formula is C20H15Cl3N2O3S. The second-order valence-electron chi connectivity index (χ2n) is 6.03. The normalized spacial score (nSPS) is 11.2. The minimum atomic E-state index is -3.90. The Morgan fingerprint density at radius 1 is 0.897 bits per heavy atom. The highest BCUT2D eigenvalue weighted by atomic mass is 35.5. The molecule has 0 aliphatic carbocycles. The van der Waals surface area contributed by atoms with Crippen molar-refractivity contribution in [3.05, 3.63) is 87.4 Å². The van der Waals surface area contributed by atoms with Crippen molar-refractivity contribution in [1.82, 2.24) is 0 Å². The van der Waals surface area contributed by atoms with Crippen LogP contribution in [0.1, 0.15) is 10.4 Å². The van der Waals surface area contributed by atoms with Gasteiger partial charge < -0.3 is 5.32 Å². The predicted molar refractivity (Wildman–Crippen MR) is 118 cm³/mol. The van der Waals surface area contributed by atoms with Crippen LogP contribution in [0.25, 0.3) is 0 Å². The number of carbonyl (C=O) groups is 1. The molecule has 0 bridgehead atoms. The van der Waals surface area contributed by atoms with Gasteiger partial charge in [0.15, 0.2) is 0 Å². The van der Waals surface area contributed by atoms with Gasteiger partial charge in [0.05, 0.1) is 31.9 Å². The molecule has 0 unspecified atom stereocenters. The largest absolute Gasteiger partial charge is 0.321 e. The molecule has 5 nitrogen and oxygen atoms in total. The summed E-state index contributed by atoms with van der Waals surface area (Å²) in [5.74, 6) is -0.598. The Bertz CT molecular complexity index is 1170. The van der Waals surface area contributed by atoms with E-state index in [0.717, 1.165) is 4.31 Å². The van der Waals surface area contributed by atoms with Crippen molar-refractivity contribution in [3.63, 3.8) is 0 Å². The van der Waals surface area contributed by atoms with Crippen LogP contribution in [0, 0.1) is 0 Å². The molecule has 0 radical (unpaired) electrons. The summed E-state index contributed by atoms with van der Waals surface area (Å²) < 4.78 is 27.1. The number of nitrogens with one attached hydrogen (secondary N) is 1. The van der Waals surface area contributed by atoms with Crippen molar-refractivity contribution in [3.8, 4) is 0 Å². The quantitative estimate of drug-likeness (QED) is 0.519. The van der Waals surface area contributed by atoms with Gasteiger partial charge in [-0.05, 0) is 48.5 Å². The Morgan fingerprint density at radius 2 is 1.59 bits per heavy atom. The van der Waals surface area contributed by atoms with Crippen LogP contribution in [0.3, 0.4) is 0 Å². The number of hydrogen-bond acceptors (Lipinski definition) is 3. The third-order valence-electron chi connectivity index (χ3n) is 4.14. The molecule has 3 aromatic carbocycles. The monoisotopic (exact) mass is 468 g/mol. The van der Waals surface area contributed by atoms with Crippen molar-refractivity contribution in [1.29, 1.82) is 0 Å². The predicted octanol–water partition coefficient (Wildman–Crippen LogP) is 5.72. The molecule has 150 valence electrons. The summed E-state index contributed by atoms with van der Waals surface area (Å²) in [7, 11) is -2.46. The number of carbonyl (C=O) groups excluding carboxylic acids is 1. The van der Waals surface area contributed by atoms with E-state index >= 15 is 0 Å². The van der Waals surface area contributed by atoms with Gasteiger partial charge in [-0.2, -0.15) is 0 Å². The fourth-order valence-corrected chi connectivity index (χ4v) is 4.44. The third kappa shape index (κ3) is 4.67. The molecule has 9 heteroatoms. The van der Waals surface area contributed by atoms with Gasteiger partial charge in [0.2, 0.25) is 0 Å². The molecule has 0 spiro atoms. The number of rotatable bonds is 5. The van der Waals surface area contributed by atoms with Gasteiger partial charge in [0.25, 0.3) is 15.9 Å². The van der Waals surface area contributed by atoms with Crippen LogP contribution in [0.2, 0.25) is 15.1 Å². The van der Waals surface area contributed by atoms with E-state index in [-0.39, 0.29) is 20.5 Å². The maximum Gasteiger partial charge on any atom is 0.264 e. The first-order valence-corrected chi connectivity index (χ1v) is 10.9. The summed E-state index contributed by atoms with van der Waals surface area (Å²) in [5, 5.41) is 3.38. The highest BCUT2D eigenvalue weighted by Gasteiger charge is 2.24. The van der Waals surface area contributed by atoms with E-state index in [9.17, 15) is 13.2 Å². The van der Waals surface area contributed by atoms with Crippen LogP contribution in [0.5, 0.6) is 0 Å². The van der Waals surface area contributed by atoms with Gasteiger partial charge in [-0.1, -0.05) is 53.0 Å². The number of halogens is 3. The fraction of sp³-hybridized carbons (Fsp3) is 0.0500. The molecule has 3 aromatic rings. The number of anilines is 2. The summed E-state index contributed by atoms with van der Waals surface area (Å²) in [6, 6.07) is 17.1. The second kappa shape index (κ2) is 8.63. The topological polar surface area (TPSA) is 66.5 Å². The second-order valence-corrected chi connectivity index (χ2v) is 9.25. The lowest BCUT2D eigenvalue weighted by atomic mass is 10.2. The maximum atomic E-state index is 13.0. The van der Waals surface area contributed by atoms with Gasteiger partial charge in [0, 0.05) is 12.1 Å². The summed E-state index contributed by atoms with van der Waals surface area (Å²) in [4.78, 5) is 12.6. The Kier molecular flexibility index (Phi) is 6.39. The maximum absolute atomic E-state index is 13.0. The SMILES string of the molecule is CN(c1ccccc1)S(=O)(=O)c1ccc(Cl)c(C(=O)Nc2ccc(Cl)cc2Cl)c1. The molecule has 29 heavy (non-hydrogen) atoms. The molecule has 0 aromatic heterocycles. The molecule has 0 fully saturated rings. The fourth-order valence-electron chi connectivity index (χ4n) is 2.55. The summed E-state index contributed by atoms with van der Waals surface area (Å²) >= 11 is 18.1. The standard InChI is InChI=1S/C20H15Cl3N2O3S/c1-25(14-5-3-2-4-6-14)29(27,28)15-8-9-17(22)16(12-15)20(26)24-19-10-7-13(21)11-18(19)23/h2-12H,1H3,(H,24,26). The van der Waals surface area contributed by atoms with Gasteiger partial charge in [0.1, 0.15) is 0 Å². The Morgan fingerprint density at radius 3 is 2.24 bits per heavy atom. The Hall–Kier alpha value is -2.25. The first kappa shape index (κ1) is 21.5. The van der Waals surface area contributed by atoms with Gasteiger partial charge in [-0.15, -0.1) is 0 Å². The van der Waals surface area contributed by atoms with E-state index in [2.05, 4.69) is 5.32 Å². The van der Waals surface area contributed by atoms with E-state index in [1.165, 1.54) is 31.3 Å². The lowest BCUT2D eigenvalue weighted by Gasteiger charge is -2.20. The van der Waals surface area contributed by atoms with Crippen LogP contribution >= 0.6 is 34.8 Å². The zero-order valence-corrected chi connectivity index (χ0v) is 18.1. The van der Waals surface area contributed by atoms with E-state index in [1.807, 2.05) is 0 Å². The van der Waals surface area contributed by atoms with Crippen molar-refractivity contribution < 1.29 is 13.2 Å². The van der Waals surface area contributed by atoms with Crippen LogP contribution < -0.4 is 9.62 Å². The average Bonchev–Trinajstić information content (AvgIpc) is 2.70. The van der Waals surface area contributed by atoms with E-state index < -0.39 is 15.9 Å². The molecule has 0 atom stereocenters. The minimum absolute atomic E-state index is 0.000204. The van der Waals surface area contributed by atoms with Gasteiger partial charge in [-0.25, -0.2) is 8.42 Å². The summed E-state index contributed by atoms with van der Waals surface area (Å²) in [5.41, 5.74) is 0.813. The molecular weight excluding hydrogens is 455 g/mol. The number of sulfonamides is 1. The third-order valence-corrected chi connectivity index (χ3v) is 6.80. The Labute approximate surface area is 183 Å². The number of nitrogens with zero attached hydrogens (tertiary/aromatic N) is 1. The number of benzene rings is 3. The molecule has 0 saturated carbocycles. The van der Waals surface area contributed by atoms with Crippen LogP contribution in [0.4, 0.5) is 11.4 Å². The first-order valence-electron chi connectivity index (χ1n) is 8.30. The molecule has 1 amide bonds. The van der Waals surface area contributed by atoms with Crippen LogP contribution in [0.15, 0.2) is 71.6 Å². The first-order chi connectivity index (χ1) is 13.7. The molecule has 3 rings (SSSR count). The zero-order valence-electron chi connectivity index (χ0n) is 15.1. The minimum Gasteiger partial charge on any atom is -0.321 e. The lowest BCUT2D eigenvalue weighted by Crippen LogP contribution is -2.27. The number of para-hydroxylation sites is 1. The van der Waals surface area contributed by atoms with Crippen molar-refractivity contribution in [2.75, 3.05) is 16.7 Å². The van der Waals surface area contributed by atoms with Crippen LogP contribution in [-0.4, -0.2) is 21.4 Å². The Balaban J connectivity index is 1.94. The molecule has 0 aliphatic rings. The van der Waals surface area contributed by atoms with E-state index in [1.54, 1.807) is 42.5 Å².